The molecule has 3 nitrogen and oxygen atoms in total. The number of methoxy groups -OCH3 is 1. The molecule has 18 heavy (non-hydrogen) atoms. The second kappa shape index (κ2) is 6.76. The van der Waals surface area contributed by atoms with Gasteiger partial charge in [0.05, 0.1) is 12.6 Å². The van der Waals surface area contributed by atoms with E-state index in [1.807, 2.05) is 18.2 Å². The summed E-state index contributed by atoms with van der Waals surface area (Å²) in [7, 11) is 1.72. The van der Waals surface area contributed by atoms with Crippen molar-refractivity contribution in [2.24, 2.45) is 0 Å². The Morgan fingerprint density at radius 1 is 1.33 bits per heavy atom. The van der Waals surface area contributed by atoms with E-state index in [2.05, 4.69) is 5.32 Å². The molecule has 0 aliphatic heterocycles. The lowest BCUT2D eigenvalue weighted by Gasteiger charge is -2.28. The fourth-order valence-corrected chi connectivity index (χ4v) is 2.70. The zero-order chi connectivity index (χ0) is 12.8. The van der Waals surface area contributed by atoms with Crippen LogP contribution in [0.1, 0.15) is 43.7 Å². The van der Waals surface area contributed by atoms with Crippen molar-refractivity contribution in [3.8, 4) is 5.75 Å². The van der Waals surface area contributed by atoms with Gasteiger partial charge in [0.1, 0.15) is 5.75 Å². The molecule has 1 aromatic rings. The minimum absolute atomic E-state index is 0.171. The molecule has 0 radical (unpaired) electrons. The van der Waals surface area contributed by atoms with Crippen LogP contribution in [0.25, 0.3) is 0 Å². The average molecular weight is 249 g/mol. The Hall–Kier alpha value is -1.06. The first-order valence-corrected chi connectivity index (χ1v) is 6.83. The van der Waals surface area contributed by atoms with Crippen LogP contribution in [0.2, 0.25) is 0 Å². The van der Waals surface area contributed by atoms with Gasteiger partial charge in [0.15, 0.2) is 0 Å². The molecule has 1 atom stereocenters. The van der Waals surface area contributed by atoms with Crippen molar-refractivity contribution < 1.29 is 9.84 Å². The Morgan fingerprint density at radius 3 is 2.78 bits per heavy atom. The molecule has 0 bridgehead atoms. The molecule has 0 aromatic heterocycles. The van der Waals surface area contributed by atoms with E-state index in [0.29, 0.717) is 18.4 Å². The van der Waals surface area contributed by atoms with Gasteiger partial charge in [0.25, 0.3) is 0 Å². The van der Waals surface area contributed by atoms with Crippen molar-refractivity contribution in [1.29, 1.82) is 0 Å². The molecule has 2 N–H and O–H groups in total. The summed E-state index contributed by atoms with van der Waals surface area (Å²) in [5, 5.41) is 13.2. The molecule has 0 amide bonds. The summed E-state index contributed by atoms with van der Waals surface area (Å²) in [6, 6.07) is 8.20. The first kappa shape index (κ1) is 13.4. The second-order valence-corrected chi connectivity index (χ2v) is 5.10. The average Bonchev–Trinajstić information content (AvgIpc) is 2.39. The number of phenols is 1. The summed E-state index contributed by atoms with van der Waals surface area (Å²) in [5.41, 5.74) is 1.10. The highest BCUT2D eigenvalue weighted by Crippen LogP contribution is 2.23. The van der Waals surface area contributed by atoms with Crippen LogP contribution in [0.5, 0.6) is 5.75 Å². The lowest BCUT2D eigenvalue weighted by molar-refractivity contribution is 0.156. The molecule has 100 valence electrons. The molecule has 0 heterocycles. The van der Waals surface area contributed by atoms with Gasteiger partial charge in [0, 0.05) is 13.2 Å². The summed E-state index contributed by atoms with van der Waals surface area (Å²) < 4.78 is 5.30. The van der Waals surface area contributed by atoms with Gasteiger partial charge in [-0.05, 0) is 30.5 Å². The number of hydrogen-bond acceptors (Lipinski definition) is 3. The SMILES string of the molecule is COCC(NC1CCCCC1)c1cccc(O)c1. The van der Waals surface area contributed by atoms with Crippen LogP contribution < -0.4 is 5.32 Å². The van der Waals surface area contributed by atoms with Gasteiger partial charge < -0.3 is 15.2 Å². The number of nitrogens with one attached hydrogen (secondary N) is 1. The van der Waals surface area contributed by atoms with E-state index in [1.165, 1.54) is 32.1 Å². The smallest absolute Gasteiger partial charge is 0.115 e. The largest absolute Gasteiger partial charge is 0.508 e. The maximum atomic E-state index is 9.57. The topological polar surface area (TPSA) is 41.5 Å². The van der Waals surface area contributed by atoms with E-state index in [4.69, 9.17) is 4.74 Å². The number of aromatic hydroxyl groups is 1. The first-order valence-electron chi connectivity index (χ1n) is 6.83. The molecule has 1 unspecified atom stereocenters. The molecule has 0 saturated heterocycles. The third-order valence-corrected chi connectivity index (χ3v) is 3.65. The quantitative estimate of drug-likeness (QED) is 0.843. The number of phenolic OH excluding ortho intramolecular Hbond substituents is 1. The highest BCUT2D eigenvalue weighted by Gasteiger charge is 2.19. The number of hydrogen-bond donors (Lipinski definition) is 2. The molecule has 1 aromatic carbocycles. The molecule has 1 fully saturated rings. The third kappa shape index (κ3) is 3.72. The van der Waals surface area contributed by atoms with E-state index in [1.54, 1.807) is 13.2 Å². The van der Waals surface area contributed by atoms with Gasteiger partial charge in [-0.2, -0.15) is 0 Å². The van der Waals surface area contributed by atoms with Crippen molar-refractivity contribution in [1.82, 2.24) is 5.32 Å². The molecule has 2 rings (SSSR count). The predicted molar refractivity (Wildman–Crippen MR) is 72.7 cm³/mol. The van der Waals surface area contributed by atoms with Crippen molar-refractivity contribution in [2.75, 3.05) is 13.7 Å². The van der Waals surface area contributed by atoms with Gasteiger partial charge >= 0.3 is 0 Å². The number of ether oxygens (including phenoxy) is 1. The van der Waals surface area contributed by atoms with Gasteiger partial charge in [-0.15, -0.1) is 0 Å². The zero-order valence-corrected chi connectivity index (χ0v) is 11.1. The van der Waals surface area contributed by atoms with Gasteiger partial charge in [-0.25, -0.2) is 0 Å². The molecule has 1 aliphatic carbocycles. The Kier molecular flexibility index (Phi) is 5.02. The minimum Gasteiger partial charge on any atom is -0.508 e. The van der Waals surface area contributed by atoms with E-state index in [-0.39, 0.29) is 6.04 Å². The standard InChI is InChI=1S/C15H23NO2/c1-18-11-15(12-6-5-9-14(17)10-12)16-13-7-3-2-4-8-13/h5-6,9-10,13,15-17H,2-4,7-8,11H2,1H3. The predicted octanol–water partition coefficient (Wildman–Crippen LogP) is 3.00. The third-order valence-electron chi connectivity index (χ3n) is 3.65. The molecule has 0 spiro atoms. The first-order chi connectivity index (χ1) is 8.79. The molecule has 1 aliphatic rings. The monoisotopic (exact) mass is 249 g/mol. The molecular formula is C15H23NO2. The maximum absolute atomic E-state index is 9.57. The summed E-state index contributed by atoms with van der Waals surface area (Å²) in [5.74, 6) is 0.319. The Morgan fingerprint density at radius 2 is 2.11 bits per heavy atom. The molecular weight excluding hydrogens is 226 g/mol. The van der Waals surface area contributed by atoms with Crippen LogP contribution in [0.3, 0.4) is 0 Å². The van der Waals surface area contributed by atoms with Crippen LogP contribution in [0.4, 0.5) is 0 Å². The number of rotatable bonds is 5. The van der Waals surface area contributed by atoms with Crippen molar-refractivity contribution in [3.63, 3.8) is 0 Å². The fraction of sp³-hybridized carbons (Fsp3) is 0.600. The normalized spacial score (nSPS) is 18.7. The van der Waals surface area contributed by atoms with E-state index in [9.17, 15) is 5.11 Å². The van der Waals surface area contributed by atoms with Crippen molar-refractivity contribution in [2.45, 2.75) is 44.2 Å². The summed E-state index contributed by atoms with van der Waals surface area (Å²) in [6.07, 6.45) is 6.49. The lowest BCUT2D eigenvalue weighted by Crippen LogP contribution is -2.36. The van der Waals surface area contributed by atoms with Crippen LogP contribution in [0, 0.1) is 0 Å². The van der Waals surface area contributed by atoms with Gasteiger partial charge in [-0.1, -0.05) is 31.4 Å². The maximum Gasteiger partial charge on any atom is 0.115 e. The van der Waals surface area contributed by atoms with Gasteiger partial charge in [-0.3, -0.25) is 0 Å². The Bertz CT molecular complexity index is 361. The Balaban J connectivity index is 2.02. The van der Waals surface area contributed by atoms with Crippen LogP contribution in [0.15, 0.2) is 24.3 Å². The van der Waals surface area contributed by atoms with Crippen molar-refractivity contribution in [3.05, 3.63) is 29.8 Å². The lowest BCUT2D eigenvalue weighted by atomic mass is 9.94. The van der Waals surface area contributed by atoms with Crippen molar-refractivity contribution >= 4 is 0 Å². The van der Waals surface area contributed by atoms with Gasteiger partial charge in [0.2, 0.25) is 0 Å². The van der Waals surface area contributed by atoms with E-state index in [0.717, 1.165) is 5.56 Å². The fourth-order valence-electron chi connectivity index (χ4n) is 2.70. The molecule has 1 saturated carbocycles. The highest BCUT2D eigenvalue weighted by atomic mass is 16.5. The zero-order valence-electron chi connectivity index (χ0n) is 11.1. The van der Waals surface area contributed by atoms with E-state index < -0.39 is 0 Å². The Labute approximate surface area is 109 Å². The van der Waals surface area contributed by atoms with Crippen LogP contribution in [-0.2, 0) is 4.74 Å². The van der Waals surface area contributed by atoms with Crippen LogP contribution >= 0.6 is 0 Å². The van der Waals surface area contributed by atoms with E-state index >= 15 is 0 Å². The second-order valence-electron chi connectivity index (χ2n) is 5.10. The highest BCUT2D eigenvalue weighted by molar-refractivity contribution is 5.29. The summed E-state index contributed by atoms with van der Waals surface area (Å²) in [4.78, 5) is 0. The summed E-state index contributed by atoms with van der Waals surface area (Å²) >= 11 is 0. The number of benzene rings is 1. The molecule has 3 heteroatoms. The van der Waals surface area contributed by atoms with Crippen LogP contribution in [-0.4, -0.2) is 24.9 Å². The minimum atomic E-state index is 0.171. The summed E-state index contributed by atoms with van der Waals surface area (Å²) in [6.45, 7) is 0.639.